The standard InChI is InChI=1S/C14H18N2O4/c1-2-15-12(13(17)18)8-9-16(14(15)19)20-10-11-6-4-3-5-7-11/h3-7,12H,2,8-10H2,1H3,(H,17,18)/t12-/m0/s1. The first-order valence-electron chi connectivity index (χ1n) is 6.61. The number of nitrogens with zero attached hydrogens (tertiary/aromatic N) is 2. The summed E-state index contributed by atoms with van der Waals surface area (Å²) in [6, 6.07) is 8.38. The number of aliphatic carboxylic acids is 1. The fourth-order valence-electron chi connectivity index (χ4n) is 2.23. The Balaban J connectivity index is 1.97. The van der Waals surface area contributed by atoms with Gasteiger partial charge in [0.05, 0.1) is 6.54 Å². The van der Waals surface area contributed by atoms with Crippen molar-refractivity contribution in [2.75, 3.05) is 13.1 Å². The minimum absolute atomic E-state index is 0.291. The smallest absolute Gasteiger partial charge is 0.344 e. The van der Waals surface area contributed by atoms with Gasteiger partial charge < -0.3 is 10.0 Å². The van der Waals surface area contributed by atoms with E-state index in [0.29, 0.717) is 26.1 Å². The SMILES string of the molecule is CCN1C(=O)N(OCc2ccccc2)CC[C@H]1C(=O)O. The van der Waals surface area contributed by atoms with E-state index in [4.69, 9.17) is 9.94 Å². The van der Waals surface area contributed by atoms with Crippen molar-refractivity contribution in [2.24, 2.45) is 0 Å². The van der Waals surface area contributed by atoms with Gasteiger partial charge in [0.1, 0.15) is 12.6 Å². The lowest BCUT2D eigenvalue weighted by Gasteiger charge is -2.38. The summed E-state index contributed by atoms with van der Waals surface area (Å²) < 4.78 is 0. The molecular formula is C14H18N2O4. The highest BCUT2D eigenvalue weighted by atomic mass is 16.7. The Morgan fingerprint density at radius 2 is 2.10 bits per heavy atom. The quantitative estimate of drug-likeness (QED) is 0.890. The summed E-state index contributed by atoms with van der Waals surface area (Å²) in [5.74, 6) is -0.970. The van der Waals surface area contributed by atoms with Crippen molar-refractivity contribution in [3.63, 3.8) is 0 Å². The molecule has 0 bridgehead atoms. The molecule has 1 N–H and O–H groups in total. The van der Waals surface area contributed by atoms with E-state index >= 15 is 0 Å². The van der Waals surface area contributed by atoms with Crippen LogP contribution in [0.1, 0.15) is 18.9 Å². The predicted molar refractivity (Wildman–Crippen MR) is 71.8 cm³/mol. The van der Waals surface area contributed by atoms with E-state index in [-0.39, 0.29) is 6.03 Å². The molecule has 6 heteroatoms. The maximum absolute atomic E-state index is 12.2. The lowest BCUT2D eigenvalue weighted by molar-refractivity contribution is -0.163. The van der Waals surface area contributed by atoms with Crippen LogP contribution in [0.4, 0.5) is 4.79 Å². The molecule has 0 unspecified atom stereocenters. The van der Waals surface area contributed by atoms with E-state index in [2.05, 4.69) is 0 Å². The Labute approximate surface area is 117 Å². The second kappa shape index (κ2) is 6.38. The van der Waals surface area contributed by atoms with Crippen molar-refractivity contribution in [3.8, 4) is 0 Å². The zero-order chi connectivity index (χ0) is 14.5. The molecule has 108 valence electrons. The van der Waals surface area contributed by atoms with Gasteiger partial charge in [0, 0.05) is 6.54 Å². The number of hydroxylamine groups is 2. The normalized spacial score (nSPS) is 19.2. The first-order valence-corrected chi connectivity index (χ1v) is 6.61. The molecule has 1 aliphatic heterocycles. The molecule has 20 heavy (non-hydrogen) atoms. The van der Waals surface area contributed by atoms with Crippen LogP contribution in [0.5, 0.6) is 0 Å². The van der Waals surface area contributed by atoms with Crippen molar-refractivity contribution in [3.05, 3.63) is 35.9 Å². The minimum atomic E-state index is -0.970. The van der Waals surface area contributed by atoms with E-state index in [1.54, 1.807) is 6.92 Å². The zero-order valence-electron chi connectivity index (χ0n) is 11.4. The molecule has 0 radical (unpaired) electrons. The average Bonchev–Trinajstić information content (AvgIpc) is 2.46. The number of carbonyl (C=O) groups excluding carboxylic acids is 1. The van der Waals surface area contributed by atoms with E-state index in [1.807, 2.05) is 30.3 Å². The van der Waals surface area contributed by atoms with Crippen LogP contribution in [0.25, 0.3) is 0 Å². The third-order valence-electron chi connectivity index (χ3n) is 3.30. The monoisotopic (exact) mass is 278 g/mol. The van der Waals surface area contributed by atoms with Gasteiger partial charge in [0.15, 0.2) is 0 Å². The fraction of sp³-hybridized carbons (Fsp3) is 0.429. The van der Waals surface area contributed by atoms with Gasteiger partial charge in [-0.1, -0.05) is 30.3 Å². The summed E-state index contributed by atoms with van der Waals surface area (Å²) in [4.78, 5) is 30.1. The first-order chi connectivity index (χ1) is 9.63. The molecule has 1 heterocycles. The summed E-state index contributed by atoms with van der Waals surface area (Å²) in [5, 5.41) is 10.3. The van der Waals surface area contributed by atoms with Crippen molar-refractivity contribution in [1.29, 1.82) is 0 Å². The molecule has 1 aromatic carbocycles. The lowest BCUT2D eigenvalue weighted by Crippen LogP contribution is -2.56. The summed E-state index contributed by atoms with van der Waals surface area (Å²) >= 11 is 0. The molecule has 2 amide bonds. The number of urea groups is 1. The fourth-order valence-corrected chi connectivity index (χ4v) is 2.23. The third kappa shape index (κ3) is 3.08. The first kappa shape index (κ1) is 14.3. The van der Waals surface area contributed by atoms with Crippen molar-refractivity contribution in [2.45, 2.75) is 26.0 Å². The maximum Gasteiger partial charge on any atom is 0.344 e. The molecule has 2 rings (SSSR count). The van der Waals surface area contributed by atoms with Gasteiger partial charge in [0.2, 0.25) is 0 Å². The Morgan fingerprint density at radius 3 is 2.70 bits per heavy atom. The van der Waals surface area contributed by atoms with Crippen LogP contribution in [0.15, 0.2) is 30.3 Å². The Morgan fingerprint density at radius 1 is 1.40 bits per heavy atom. The van der Waals surface area contributed by atoms with Gasteiger partial charge in [-0.05, 0) is 18.9 Å². The topological polar surface area (TPSA) is 70.1 Å². The molecule has 0 saturated carbocycles. The van der Waals surface area contributed by atoms with Crippen LogP contribution in [-0.4, -0.2) is 46.2 Å². The number of carbonyl (C=O) groups is 2. The second-order valence-corrected chi connectivity index (χ2v) is 4.57. The zero-order valence-corrected chi connectivity index (χ0v) is 11.4. The Kier molecular flexibility index (Phi) is 4.57. The highest BCUT2D eigenvalue weighted by Crippen LogP contribution is 2.17. The number of likely N-dealkylation sites (N-methyl/N-ethyl adjacent to an activating group) is 1. The largest absolute Gasteiger partial charge is 0.480 e. The van der Waals surface area contributed by atoms with Gasteiger partial charge >= 0.3 is 12.0 Å². The van der Waals surface area contributed by atoms with E-state index in [1.165, 1.54) is 9.96 Å². The molecule has 1 fully saturated rings. The predicted octanol–water partition coefficient (Wildman–Crippen LogP) is 1.72. The summed E-state index contributed by atoms with van der Waals surface area (Å²) in [5.41, 5.74) is 0.962. The van der Waals surface area contributed by atoms with Crippen LogP contribution in [0.3, 0.4) is 0 Å². The van der Waals surface area contributed by atoms with Crippen LogP contribution >= 0.6 is 0 Å². The van der Waals surface area contributed by atoms with E-state index in [0.717, 1.165) is 5.56 Å². The van der Waals surface area contributed by atoms with Crippen molar-refractivity contribution in [1.82, 2.24) is 9.96 Å². The molecule has 0 spiro atoms. The number of carboxylic acid groups (broad SMARTS) is 1. The van der Waals surface area contributed by atoms with Gasteiger partial charge in [-0.15, -0.1) is 0 Å². The van der Waals surface area contributed by atoms with Crippen LogP contribution in [-0.2, 0) is 16.2 Å². The minimum Gasteiger partial charge on any atom is -0.480 e. The number of amides is 2. The number of hydrogen-bond donors (Lipinski definition) is 1. The Bertz CT molecular complexity index is 477. The highest BCUT2D eigenvalue weighted by Gasteiger charge is 2.37. The van der Waals surface area contributed by atoms with Crippen molar-refractivity contribution < 1.29 is 19.5 Å². The van der Waals surface area contributed by atoms with E-state index < -0.39 is 12.0 Å². The van der Waals surface area contributed by atoms with Gasteiger partial charge in [-0.3, -0.25) is 4.84 Å². The molecule has 1 aliphatic rings. The highest BCUT2D eigenvalue weighted by molar-refractivity contribution is 5.83. The summed E-state index contributed by atoms with van der Waals surface area (Å²) in [6.07, 6.45) is 0.365. The van der Waals surface area contributed by atoms with Gasteiger partial charge in [-0.25, -0.2) is 14.7 Å². The molecular weight excluding hydrogens is 260 g/mol. The molecule has 6 nitrogen and oxygen atoms in total. The average molecular weight is 278 g/mol. The summed E-state index contributed by atoms with van der Waals surface area (Å²) in [7, 11) is 0. The number of carboxylic acids is 1. The van der Waals surface area contributed by atoms with Gasteiger partial charge in [-0.2, -0.15) is 0 Å². The number of rotatable bonds is 5. The molecule has 1 atom stereocenters. The Hall–Kier alpha value is -2.08. The molecule has 1 saturated heterocycles. The summed E-state index contributed by atoms with van der Waals surface area (Å²) in [6.45, 7) is 2.69. The van der Waals surface area contributed by atoms with Crippen LogP contribution in [0, 0.1) is 0 Å². The molecule has 0 aromatic heterocycles. The lowest BCUT2D eigenvalue weighted by atomic mass is 10.1. The van der Waals surface area contributed by atoms with Crippen LogP contribution < -0.4 is 0 Å². The third-order valence-corrected chi connectivity index (χ3v) is 3.30. The molecule has 1 aromatic rings. The van der Waals surface area contributed by atoms with Gasteiger partial charge in [0.25, 0.3) is 0 Å². The van der Waals surface area contributed by atoms with Crippen LogP contribution in [0.2, 0.25) is 0 Å². The maximum atomic E-state index is 12.2. The van der Waals surface area contributed by atoms with E-state index in [9.17, 15) is 9.59 Å². The van der Waals surface area contributed by atoms with Crippen molar-refractivity contribution >= 4 is 12.0 Å². The number of hydrogen-bond acceptors (Lipinski definition) is 3. The molecule has 0 aliphatic carbocycles. The number of benzene rings is 1. The second-order valence-electron chi connectivity index (χ2n) is 4.57.